The van der Waals surface area contributed by atoms with Crippen molar-refractivity contribution in [1.82, 2.24) is 19.9 Å². The van der Waals surface area contributed by atoms with Crippen LogP contribution in [0.25, 0.3) is 16.9 Å². The van der Waals surface area contributed by atoms with E-state index in [0.717, 1.165) is 60.8 Å². The molecule has 1 N–H and O–H groups in total. The number of anilines is 1. The molecule has 6 nitrogen and oxygen atoms in total. The first kappa shape index (κ1) is 20.3. The Kier molecular flexibility index (Phi) is 5.70. The number of amides is 1. The number of fused-ring (bicyclic) bond motifs is 1. The van der Waals surface area contributed by atoms with Gasteiger partial charge < -0.3 is 10.2 Å². The maximum atomic E-state index is 13.3. The van der Waals surface area contributed by atoms with Crippen molar-refractivity contribution in [2.75, 3.05) is 18.0 Å². The molecule has 1 fully saturated rings. The van der Waals surface area contributed by atoms with Crippen molar-refractivity contribution in [3.8, 4) is 11.3 Å². The number of nitrogens with zero attached hydrogens (tertiary/aromatic N) is 4. The van der Waals surface area contributed by atoms with E-state index in [2.05, 4.69) is 22.1 Å². The van der Waals surface area contributed by atoms with E-state index in [4.69, 9.17) is 5.10 Å². The first-order chi connectivity index (χ1) is 14.4. The Bertz CT molecular complexity index is 1040. The second-order valence-corrected chi connectivity index (χ2v) is 8.14. The third kappa shape index (κ3) is 4.15. The average molecular weight is 410 g/mol. The van der Waals surface area contributed by atoms with E-state index in [1.54, 1.807) is 12.1 Å². The fourth-order valence-electron chi connectivity index (χ4n) is 3.90. The lowest BCUT2D eigenvalue weighted by Gasteiger charge is -2.33. The van der Waals surface area contributed by atoms with Gasteiger partial charge in [0.15, 0.2) is 5.65 Å². The van der Waals surface area contributed by atoms with Crippen LogP contribution in [0.3, 0.4) is 0 Å². The zero-order valence-corrected chi connectivity index (χ0v) is 17.7. The number of nitrogens with one attached hydrogen (secondary N) is 1. The van der Waals surface area contributed by atoms with Gasteiger partial charge in [0.25, 0.3) is 0 Å². The van der Waals surface area contributed by atoms with Crippen molar-refractivity contribution in [1.29, 1.82) is 0 Å². The first-order valence-electron chi connectivity index (χ1n) is 10.6. The summed E-state index contributed by atoms with van der Waals surface area (Å²) in [4.78, 5) is 19.4. The van der Waals surface area contributed by atoms with Crippen molar-refractivity contribution in [2.45, 2.75) is 46.1 Å². The minimum Gasteiger partial charge on any atom is -0.356 e. The molecule has 1 aromatic carbocycles. The van der Waals surface area contributed by atoms with Crippen molar-refractivity contribution < 1.29 is 9.18 Å². The topological polar surface area (TPSA) is 62.5 Å². The molecular weight excluding hydrogens is 381 g/mol. The number of carbonyl (C=O) groups excluding carboxylic acids is 1. The largest absolute Gasteiger partial charge is 0.356 e. The Morgan fingerprint density at radius 2 is 1.93 bits per heavy atom. The Morgan fingerprint density at radius 1 is 1.23 bits per heavy atom. The van der Waals surface area contributed by atoms with Crippen LogP contribution in [0.15, 0.2) is 36.4 Å². The predicted molar refractivity (Wildman–Crippen MR) is 116 cm³/mol. The van der Waals surface area contributed by atoms with Crippen LogP contribution in [0.5, 0.6) is 0 Å². The minimum atomic E-state index is -0.266. The summed E-state index contributed by atoms with van der Waals surface area (Å²) < 4.78 is 15.1. The summed E-state index contributed by atoms with van der Waals surface area (Å²) in [6.45, 7) is 7.68. The summed E-state index contributed by atoms with van der Waals surface area (Å²) in [6, 6.07) is 10.5. The summed E-state index contributed by atoms with van der Waals surface area (Å²) in [7, 11) is 0. The van der Waals surface area contributed by atoms with Gasteiger partial charge in [-0.3, -0.25) is 4.79 Å². The standard InChI is InChI=1S/C23H28FN5O/c1-4-15(2)26-23(30)18-9-11-28(12-10-18)22-13-16(3)25-21-14-20(27-29(21)22)17-5-7-19(24)8-6-17/h5-8,13-15,18H,4,9-12H2,1-3H3,(H,26,30)/t15-/m1/s1. The lowest BCUT2D eigenvalue weighted by atomic mass is 9.95. The van der Waals surface area contributed by atoms with Crippen LogP contribution in [0.2, 0.25) is 0 Å². The van der Waals surface area contributed by atoms with Crippen molar-refractivity contribution >= 4 is 17.4 Å². The number of piperidine rings is 1. The van der Waals surface area contributed by atoms with E-state index in [1.807, 2.05) is 30.5 Å². The first-order valence-corrected chi connectivity index (χ1v) is 10.6. The summed E-state index contributed by atoms with van der Waals surface area (Å²) in [5.74, 6) is 0.933. The van der Waals surface area contributed by atoms with Crippen LogP contribution in [-0.4, -0.2) is 39.6 Å². The molecule has 0 aliphatic carbocycles. The van der Waals surface area contributed by atoms with Gasteiger partial charge >= 0.3 is 0 Å². The van der Waals surface area contributed by atoms with Crippen molar-refractivity contribution in [3.05, 3.63) is 47.9 Å². The number of aromatic nitrogens is 3. The molecular formula is C23H28FN5O. The van der Waals surface area contributed by atoms with Crippen LogP contribution >= 0.6 is 0 Å². The Morgan fingerprint density at radius 3 is 2.60 bits per heavy atom. The van der Waals surface area contributed by atoms with Gasteiger partial charge in [-0.05, 0) is 57.4 Å². The summed E-state index contributed by atoms with van der Waals surface area (Å²) in [5, 5.41) is 7.85. The third-order valence-corrected chi connectivity index (χ3v) is 5.87. The zero-order chi connectivity index (χ0) is 21.3. The fourth-order valence-corrected chi connectivity index (χ4v) is 3.90. The molecule has 1 amide bonds. The molecule has 0 spiro atoms. The fraction of sp³-hybridized carbons (Fsp3) is 0.435. The van der Waals surface area contributed by atoms with E-state index < -0.39 is 0 Å². The molecule has 0 saturated carbocycles. The third-order valence-electron chi connectivity index (χ3n) is 5.87. The smallest absolute Gasteiger partial charge is 0.223 e. The van der Waals surface area contributed by atoms with E-state index in [0.29, 0.717) is 0 Å². The van der Waals surface area contributed by atoms with E-state index >= 15 is 0 Å². The number of halogens is 1. The SMILES string of the molecule is CC[C@@H](C)NC(=O)C1CCN(c2cc(C)nc3cc(-c4ccc(F)cc4)nn23)CC1. The lowest BCUT2D eigenvalue weighted by molar-refractivity contribution is -0.126. The number of rotatable bonds is 5. The monoisotopic (exact) mass is 409 g/mol. The predicted octanol–water partition coefficient (Wildman–Crippen LogP) is 3.97. The van der Waals surface area contributed by atoms with E-state index in [-0.39, 0.29) is 23.7 Å². The quantitative estimate of drug-likeness (QED) is 0.693. The van der Waals surface area contributed by atoms with Crippen LogP contribution in [-0.2, 0) is 4.79 Å². The highest BCUT2D eigenvalue weighted by molar-refractivity contribution is 5.79. The molecule has 4 rings (SSSR count). The van der Waals surface area contributed by atoms with Gasteiger partial charge in [0, 0.05) is 48.4 Å². The highest BCUT2D eigenvalue weighted by Gasteiger charge is 2.27. The highest BCUT2D eigenvalue weighted by Crippen LogP contribution is 2.27. The van der Waals surface area contributed by atoms with Gasteiger partial charge in [-0.25, -0.2) is 9.37 Å². The molecule has 7 heteroatoms. The molecule has 1 saturated heterocycles. The number of hydrogen-bond acceptors (Lipinski definition) is 4. The number of hydrogen-bond donors (Lipinski definition) is 1. The molecule has 30 heavy (non-hydrogen) atoms. The molecule has 1 aliphatic heterocycles. The minimum absolute atomic E-state index is 0.0565. The van der Waals surface area contributed by atoms with E-state index in [9.17, 15) is 9.18 Å². The maximum Gasteiger partial charge on any atom is 0.223 e. The Labute approximate surface area is 176 Å². The normalized spacial score (nSPS) is 16.1. The second-order valence-electron chi connectivity index (χ2n) is 8.14. The molecule has 1 atom stereocenters. The van der Waals surface area contributed by atoms with Crippen molar-refractivity contribution in [2.24, 2.45) is 5.92 Å². The van der Waals surface area contributed by atoms with E-state index in [1.165, 1.54) is 12.1 Å². The van der Waals surface area contributed by atoms with Crippen LogP contribution in [0.1, 0.15) is 38.8 Å². The van der Waals surface area contributed by atoms with Gasteiger partial charge in [-0.1, -0.05) is 6.92 Å². The second kappa shape index (κ2) is 8.42. The zero-order valence-electron chi connectivity index (χ0n) is 17.7. The average Bonchev–Trinajstić information content (AvgIpc) is 3.17. The molecule has 0 bridgehead atoms. The molecule has 3 heterocycles. The number of benzene rings is 1. The molecule has 158 valence electrons. The van der Waals surface area contributed by atoms with Gasteiger partial charge in [0.2, 0.25) is 5.91 Å². The lowest BCUT2D eigenvalue weighted by Crippen LogP contribution is -2.43. The van der Waals surface area contributed by atoms with Crippen molar-refractivity contribution in [3.63, 3.8) is 0 Å². The van der Waals surface area contributed by atoms with Gasteiger partial charge in [-0.15, -0.1) is 0 Å². The maximum absolute atomic E-state index is 13.3. The van der Waals surface area contributed by atoms with Crippen LogP contribution in [0.4, 0.5) is 10.2 Å². The molecule has 2 aromatic heterocycles. The van der Waals surface area contributed by atoms with Gasteiger partial charge in [0.05, 0.1) is 5.69 Å². The molecule has 1 aliphatic rings. The van der Waals surface area contributed by atoms with Gasteiger partial charge in [0.1, 0.15) is 11.6 Å². The van der Waals surface area contributed by atoms with Crippen LogP contribution in [0, 0.1) is 18.7 Å². The highest BCUT2D eigenvalue weighted by atomic mass is 19.1. The Balaban J connectivity index is 1.56. The number of carbonyl (C=O) groups is 1. The number of aryl methyl sites for hydroxylation is 1. The molecule has 3 aromatic rings. The summed E-state index contributed by atoms with van der Waals surface area (Å²) in [6.07, 6.45) is 2.57. The van der Waals surface area contributed by atoms with Crippen LogP contribution < -0.4 is 10.2 Å². The van der Waals surface area contributed by atoms with Gasteiger partial charge in [-0.2, -0.15) is 9.61 Å². The summed E-state index contributed by atoms with van der Waals surface area (Å²) in [5.41, 5.74) is 3.30. The Hall–Kier alpha value is -2.96. The molecule has 0 unspecified atom stereocenters. The molecule has 0 radical (unpaired) electrons. The summed E-state index contributed by atoms with van der Waals surface area (Å²) >= 11 is 0.